The van der Waals surface area contributed by atoms with Gasteiger partial charge < -0.3 is 21.3 Å². The molecule has 212 valence electrons. The number of alkyl halides is 3. The summed E-state index contributed by atoms with van der Waals surface area (Å²) in [5.41, 5.74) is 8.36. The van der Waals surface area contributed by atoms with Crippen LogP contribution in [0.15, 0.2) is 60.7 Å². The van der Waals surface area contributed by atoms with Crippen molar-refractivity contribution in [2.45, 2.75) is 19.1 Å². The van der Waals surface area contributed by atoms with Crippen LogP contribution in [0.25, 0.3) is 10.9 Å². The van der Waals surface area contributed by atoms with Crippen LogP contribution in [0, 0.1) is 11.8 Å². The largest absolute Gasteiger partial charge is 0.416 e. The molecule has 0 aliphatic carbocycles. The number of benzene rings is 3. The summed E-state index contributed by atoms with van der Waals surface area (Å²) in [5.74, 6) is 6.62. The SMILES string of the molecule is CN1CCN(Cc2ccc(NC(=O)Nc3cccc(CC#Cc4cccc5[nH]nc(N)c45)c3)cc2C(F)(F)F)CC1. The topological polar surface area (TPSA) is 102 Å². The molecule has 1 aromatic heterocycles. The van der Waals surface area contributed by atoms with E-state index in [1.807, 2.05) is 36.2 Å². The molecule has 8 nitrogen and oxygen atoms in total. The van der Waals surface area contributed by atoms with Crippen molar-refractivity contribution in [3.8, 4) is 11.8 Å². The summed E-state index contributed by atoms with van der Waals surface area (Å²) in [7, 11) is 2.00. The predicted molar refractivity (Wildman–Crippen MR) is 154 cm³/mol. The summed E-state index contributed by atoms with van der Waals surface area (Å²) < 4.78 is 41.7. The molecular weight excluding hydrogens is 531 g/mol. The van der Waals surface area contributed by atoms with Gasteiger partial charge in [-0.3, -0.25) is 10.00 Å². The smallest absolute Gasteiger partial charge is 0.382 e. The Balaban J connectivity index is 1.23. The third-order valence-electron chi connectivity index (χ3n) is 6.98. The van der Waals surface area contributed by atoms with Crippen molar-refractivity contribution in [1.29, 1.82) is 0 Å². The van der Waals surface area contributed by atoms with Crippen LogP contribution in [0.3, 0.4) is 0 Å². The Morgan fingerprint density at radius 1 is 1.02 bits per heavy atom. The van der Waals surface area contributed by atoms with E-state index in [2.05, 4.69) is 37.6 Å². The van der Waals surface area contributed by atoms with Gasteiger partial charge in [0.1, 0.15) is 0 Å². The van der Waals surface area contributed by atoms with E-state index < -0.39 is 17.8 Å². The number of halogens is 3. The minimum Gasteiger partial charge on any atom is -0.382 e. The van der Waals surface area contributed by atoms with Gasteiger partial charge in [0.2, 0.25) is 0 Å². The summed E-state index contributed by atoms with van der Waals surface area (Å²) in [6, 6.07) is 16.0. The van der Waals surface area contributed by atoms with E-state index in [9.17, 15) is 18.0 Å². The number of anilines is 3. The molecule has 2 heterocycles. The van der Waals surface area contributed by atoms with E-state index in [0.717, 1.165) is 41.2 Å². The number of hydrogen-bond acceptors (Lipinski definition) is 5. The normalized spacial score (nSPS) is 14.4. The number of hydrogen-bond donors (Lipinski definition) is 4. The molecule has 5 N–H and O–H groups in total. The molecule has 1 aliphatic heterocycles. The third kappa shape index (κ3) is 6.98. The molecule has 1 aliphatic rings. The lowest BCUT2D eigenvalue weighted by molar-refractivity contribution is -0.138. The van der Waals surface area contributed by atoms with E-state index in [1.165, 1.54) is 12.1 Å². The molecule has 2 amide bonds. The molecule has 11 heteroatoms. The lowest BCUT2D eigenvalue weighted by Gasteiger charge is -2.33. The minimum absolute atomic E-state index is 0.0617. The van der Waals surface area contributed by atoms with Crippen molar-refractivity contribution in [3.63, 3.8) is 0 Å². The van der Waals surface area contributed by atoms with E-state index in [-0.39, 0.29) is 17.8 Å². The van der Waals surface area contributed by atoms with Gasteiger partial charge in [-0.1, -0.05) is 36.1 Å². The number of urea groups is 1. The first-order chi connectivity index (χ1) is 19.7. The molecule has 3 aromatic carbocycles. The van der Waals surface area contributed by atoms with Crippen LogP contribution in [0.2, 0.25) is 0 Å². The number of fused-ring (bicyclic) bond motifs is 1. The number of likely N-dealkylation sites (N-methyl/N-ethyl adjacent to an activating group) is 1. The van der Waals surface area contributed by atoms with E-state index in [1.54, 1.807) is 18.2 Å². The van der Waals surface area contributed by atoms with Crippen LogP contribution in [0.5, 0.6) is 0 Å². The Hall–Kier alpha value is -4.53. The van der Waals surface area contributed by atoms with E-state index in [0.29, 0.717) is 31.0 Å². The second-order valence-corrected chi connectivity index (χ2v) is 10.0. The number of H-pyrrole nitrogens is 1. The number of aromatic amines is 1. The fraction of sp³-hybridized carbons (Fsp3) is 0.267. The summed E-state index contributed by atoms with van der Waals surface area (Å²) >= 11 is 0. The second-order valence-electron chi connectivity index (χ2n) is 10.0. The van der Waals surface area contributed by atoms with Crippen LogP contribution in [-0.4, -0.2) is 59.3 Å². The van der Waals surface area contributed by atoms with Crippen molar-refractivity contribution >= 4 is 34.1 Å². The molecule has 0 radical (unpaired) electrons. The van der Waals surface area contributed by atoms with Gasteiger partial charge in [0.05, 0.1) is 16.5 Å². The number of carbonyl (C=O) groups is 1. The van der Waals surface area contributed by atoms with Crippen molar-refractivity contribution in [1.82, 2.24) is 20.0 Å². The Morgan fingerprint density at radius 2 is 1.76 bits per heavy atom. The average molecular weight is 562 g/mol. The zero-order valence-electron chi connectivity index (χ0n) is 22.5. The first-order valence-electron chi connectivity index (χ1n) is 13.1. The first-order valence-corrected chi connectivity index (χ1v) is 13.1. The molecule has 0 bridgehead atoms. The maximum absolute atomic E-state index is 13.9. The van der Waals surface area contributed by atoms with Crippen LogP contribution in [0.1, 0.15) is 22.3 Å². The van der Waals surface area contributed by atoms with Gasteiger partial charge in [-0.25, -0.2) is 4.79 Å². The van der Waals surface area contributed by atoms with Crippen LogP contribution in [-0.2, 0) is 19.1 Å². The number of nitrogens with zero attached hydrogens (tertiary/aromatic N) is 3. The van der Waals surface area contributed by atoms with Crippen LogP contribution in [0.4, 0.5) is 35.2 Å². The molecule has 0 unspecified atom stereocenters. The highest BCUT2D eigenvalue weighted by Crippen LogP contribution is 2.34. The molecule has 5 rings (SSSR count). The zero-order chi connectivity index (χ0) is 29.0. The van der Waals surface area contributed by atoms with Crippen LogP contribution < -0.4 is 16.4 Å². The molecule has 0 saturated carbocycles. The number of nitrogen functional groups attached to an aromatic ring is 1. The first kappa shape index (κ1) is 28.0. The summed E-state index contributed by atoms with van der Waals surface area (Å²) in [6.45, 7) is 3.24. The highest BCUT2D eigenvalue weighted by molar-refractivity contribution is 6.00. The Morgan fingerprint density at radius 3 is 2.51 bits per heavy atom. The average Bonchev–Trinajstić information content (AvgIpc) is 3.32. The van der Waals surface area contributed by atoms with Gasteiger partial charge >= 0.3 is 12.2 Å². The third-order valence-corrected chi connectivity index (χ3v) is 6.98. The number of aromatic nitrogens is 2. The molecule has 0 spiro atoms. The number of piperazine rings is 1. The molecule has 4 aromatic rings. The number of amides is 2. The Labute approximate surface area is 235 Å². The van der Waals surface area contributed by atoms with Gasteiger partial charge in [-0.15, -0.1) is 0 Å². The van der Waals surface area contributed by atoms with E-state index in [4.69, 9.17) is 5.73 Å². The second kappa shape index (κ2) is 11.9. The van der Waals surface area contributed by atoms with Gasteiger partial charge in [-0.2, -0.15) is 18.3 Å². The van der Waals surface area contributed by atoms with Crippen molar-refractivity contribution in [2.24, 2.45) is 0 Å². The van der Waals surface area contributed by atoms with Crippen molar-refractivity contribution < 1.29 is 18.0 Å². The molecule has 0 atom stereocenters. The fourth-order valence-corrected chi connectivity index (χ4v) is 4.80. The summed E-state index contributed by atoms with van der Waals surface area (Å²) in [5, 5.41) is 12.9. The number of carbonyl (C=O) groups excluding carboxylic acids is 1. The number of nitrogens with one attached hydrogen (secondary N) is 3. The fourth-order valence-electron chi connectivity index (χ4n) is 4.80. The minimum atomic E-state index is -4.54. The summed E-state index contributed by atoms with van der Waals surface area (Å²) in [4.78, 5) is 16.8. The maximum atomic E-state index is 13.9. The predicted octanol–water partition coefficient (Wildman–Crippen LogP) is 5.15. The maximum Gasteiger partial charge on any atom is 0.416 e. The highest BCUT2D eigenvalue weighted by atomic mass is 19.4. The van der Waals surface area contributed by atoms with Crippen molar-refractivity contribution in [3.05, 3.63) is 82.9 Å². The van der Waals surface area contributed by atoms with Gasteiger partial charge in [0.15, 0.2) is 5.82 Å². The molecule has 1 saturated heterocycles. The molecule has 1 fully saturated rings. The Bertz CT molecular complexity index is 1610. The van der Waals surface area contributed by atoms with Gasteiger partial charge in [0, 0.05) is 56.1 Å². The number of nitrogens with two attached hydrogens (primary N) is 1. The summed E-state index contributed by atoms with van der Waals surface area (Å²) in [6.07, 6.45) is -4.13. The molecular formula is C30H30F3N7O. The van der Waals surface area contributed by atoms with Gasteiger partial charge in [0.25, 0.3) is 0 Å². The van der Waals surface area contributed by atoms with Crippen molar-refractivity contribution in [2.75, 3.05) is 49.6 Å². The Kier molecular flexibility index (Phi) is 8.14. The lowest BCUT2D eigenvalue weighted by atomic mass is 10.0. The zero-order valence-corrected chi connectivity index (χ0v) is 22.5. The van der Waals surface area contributed by atoms with Gasteiger partial charge in [-0.05, 0) is 54.6 Å². The molecule has 41 heavy (non-hydrogen) atoms. The lowest BCUT2D eigenvalue weighted by Crippen LogP contribution is -2.44. The monoisotopic (exact) mass is 561 g/mol. The highest BCUT2D eigenvalue weighted by Gasteiger charge is 2.34. The van der Waals surface area contributed by atoms with E-state index >= 15 is 0 Å². The van der Waals surface area contributed by atoms with Crippen LogP contribution >= 0.6 is 0 Å². The standard InChI is InChI=1S/C30H30F3N7O/c1-39-13-15-40(16-14-39)19-22-11-12-24(18-25(22)30(31,32)33)36-29(41)35-23-9-3-6-20(17-23)5-2-7-21-8-4-10-26-27(21)28(34)38-37-26/h3-4,6,8-12,17-18H,5,13-16,19H2,1H3,(H3,34,37,38)(H2,35,36,41). The number of rotatable bonds is 5. The quantitative estimate of drug-likeness (QED) is 0.253.